The molecule has 6 nitrogen and oxygen atoms in total. The summed E-state index contributed by atoms with van der Waals surface area (Å²) in [7, 11) is 0. The third-order valence-electron chi connectivity index (χ3n) is 3.67. The average Bonchev–Trinajstić information content (AvgIpc) is 2.61. The molecule has 3 N–H and O–H groups in total. The first-order valence-electron chi connectivity index (χ1n) is 7.86. The molecule has 0 aliphatic heterocycles. The molecule has 0 heterocycles. The van der Waals surface area contributed by atoms with Crippen LogP contribution in [0.25, 0.3) is 0 Å². The van der Waals surface area contributed by atoms with E-state index in [1.807, 2.05) is 37.3 Å². The number of nitrogens with two attached hydrogens (primary N) is 1. The van der Waals surface area contributed by atoms with E-state index >= 15 is 0 Å². The second kappa shape index (κ2) is 8.63. The van der Waals surface area contributed by atoms with Gasteiger partial charge in [-0.3, -0.25) is 14.4 Å². The molecular formula is C19H20N2O4. The molecular weight excluding hydrogens is 320 g/mol. The Balaban J connectivity index is 1.84. The van der Waals surface area contributed by atoms with Crippen LogP contribution in [0, 0.1) is 0 Å². The zero-order valence-electron chi connectivity index (χ0n) is 13.9. The largest absolute Gasteiger partial charge is 0.456 e. The van der Waals surface area contributed by atoms with Gasteiger partial charge in [0.1, 0.15) is 0 Å². The molecule has 0 radical (unpaired) electrons. The summed E-state index contributed by atoms with van der Waals surface area (Å²) in [5.41, 5.74) is 6.75. The van der Waals surface area contributed by atoms with Crippen LogP contribution in [0.4, 0.5) is 5.69 Å². The molecule has 0 unspecified atom stereocenters. The van der Waals surface area contributed by atoms with Crippen molar-refractivity contribution in [2.75, 3.05) is 11.9 Å². The lowest BCUT2D eigenvalue weighted by Crippen LogP contribution is -2.23. The Bertz CT molecular complexity index is 759. The van der Waals surface area contributed by atoms with Crippen molar-refractivity contribution in [3.63, 3.8) is 0 Å². The number of esters is 1. The number of nitrogens with one attached hydrogen (secondary N) is 1. The van der Waals surface area contributed by atoms with Crippen molar-refractivity contribution in [1.82, 2.24) is 0 Å². The first-order chi connectivity index (χ1) is 12.0. The second-order valence-electron chi connectivity index (χ2n) is 5.63. The van der Waals surface area contributed by atoms with Crippen molar-refractivity contribution in [3.05, 3.63) is 65.7 Å². The first-order valence-corrected chi connectivity index (χ1v) is 7.86. The number of anilines is 1. The summed E-state index contributed by atoms with van der Waals surface area (Å²) in [6, 6.07) is 15.9. The normalized spacial score (nSPS) is 11.4. The van der Waals surface area contributed by atoms with Gasteiger partial charge in [0.15, 0.2) is 6.61 Å². The quantitative estimate of drug-likeness (QED) is 0.756. The maximum atomic E-state index is 11.9. The van der Waals surface area contributed by atoms with Gasteiger partial charge in [-0.15, -0.1) is 0 Å². The summed E-state index contributed by atoms with van der Waals surface area (Å²) in [4.78, 5) is 35.1. The molecule has 0 spiro atoms. The molecule has 0 aliphatic rings. The number of hydrogen-bond acceptors (Lipinski definition) is 4. The lowest BCUT2D eigenvalue weighted by atomic mass is 9.98. The molecule has 2 amide bonds. The van der Waals surface area contributed by atoms with Crippen molar-refractivity contribution in [2.45, 2.75) is 19.3 Å². The molecule has 0 saturated carbocycles. The average molecular weight is 340 g/mol. The van der Waals surface area contributed by atoms with Crippen molar-refractivity contribution < 1.29 is 19.1 Å². The van der Waals surface area contributed by atoms with Crippen LogP contribution in [0.15, 0.2) is 54.6 Å². The van der Waals surface area contributed by atoms with E-state index in [0.717, 1.165) is 5.56 Å². The SMILES string of the molecule is C[C@H](CC(=O)OCC(=O)Nc1ccccc1C(N)=O)c1ccccc1. The number of benzene rings is 2. The highest BCUT2D eigenvalue weighted by Crippen LogP contribution is 2.19. The van der Waals surface area contributed by atoms with Gasteiger partial charge in [0.25, 0.3) is 11.8 Å². The monoisotopic (exact) mass is 340 g/mol. The third-order valence-corrected chi connectivity index (χ3v) is 3.67. The fraction of sp³-hybridized carbons (Fsp3) is 0.211. The van der Waals surface area contributed by atoms with Crippen molar-refractivity contribution in [1.29, 1.82) is 0 Å². The molecule has 0 aliphatic carbocycles. The van der Waals surface area contributed by atoms with Crippen LogP contribution in [-0.4, -0.2) is 24.4 Å². The molecule has 1 atom stereocenters. The highest BCUT2D eigenvalue weighted by molar-refractivity contribution is 6.03. The van der Waals surface area contributed by atoms with Crippen LogP contribution in [0.2, 0.25) is 0 Å². The Morgan fingerprint density at radius 2 is 1.68 bits per heavy atom. The van der Waals surface area contributed by atoms with Gasteiger partial charge in [-0.05, 0) is 23.6 Å². The van der Waals surface area contributed by atoms with Gasteiger partial charge >= 0.3 is 5.97 Å². The summed E-state index contributed by atoms with van der Waals surface area (Å²) < 4.78 is 5.00. The van der Waals surface area contributed by atoms with Crippen molar-refractivity contribution >= 4 is 23.5 Å². The van der Waals surface area contributed by atoms with Gasteiger partial charge in [-0.1, -0.05) is 49.4 Å². The van der Waals surface area contributed by atoms with Crippen LogP contribution in [0.1, 0.15) is 35.2 Å². The van der Waals surface area contributed by atoms with Crippen molar-refractivity contribution in [3.8, 4) is 0 Å². The summed E-state index contributed by atoms with van der Waals surface area (Å²) in [5.74, 6) is -1.65. The van der Waals surface area contributed by atoms with Gasteiger partial charge in [0.05, 0.1) is 17.7 Å². The van der Waals surface area contributed by atoms with Crippen LogP contribution in [-0.2, 0) is 14.3 Å². The Kier molecular flexibility index (Phi) is 6.28. The van der Waals surface area contributed by atoms with E-state index in [2.05, 4.69) is 5.32 Å². The predicted molar refractivity (Wildman–Crippen MR) is 94.0 cm³/mol. The van der Waals surface area contributed by atoms with Crippen molar-refractivity contribution in [2.24, 2.45) is 5.73 Å². The van der Waals surface area contributed by atoms with Gasteiger partial charge in [-0.25, -0.2) is 0 Å². The number of primary amides is 1. The molecule has 130 valence electrons. The summed E-state index contributed by atoms with van der Waals surface area (Å²) in [6.45, 7) is 1.49. The Hall–Kier alpha value is -3.15. The van der Waals surface area contributed by atoms with E-state index in [0.29, 0.717) is 0 Å². The van der Waals surface area contributed by atoms with Gasteiger partial charge < -0.3 is 15.8 Å². The lowest BCUT2D eigenvalue weighted by molar-refractivity contribution is -0.147. The van der Waals surface area contributed by atoms with Crippen LogP contribution < -0.4 is 11.1 Å². The predicted octanol–water partition coefficient (Wildman–Crippen LogP) is 2.46. The topological polar surface area (TPSA) is 98.5 Å². The maximum absolute atomic E-state index is 11.9. The molecule has 0 aromatic heterocycles. The third kappa shape index (κ3) is 5.46. The zero-order valence-corrected chi connectivity index (χ0v) is 13.9. The first kappa shape index (κ1) is 18.2. The minimum absolute atomic E-state index is 0.00708. The number of carbonyl (C=O) groups excluding carboxylic acids is 3. The standard InChI is InChI=1S/C19H20N2O4/c1-13(14-7-3-2-4-8-14)11-18(23)25-12-17(22)21-16-10-6-5-9-15(16)19(20)24/h2-10,13H,11-12H2,1H3,(H2,20,24)(H,21,22)/t13-/m1/s1. The van der Waals surface area contributed by atoms with E-state index in [4.69, 9.17) is 10.5 Å². The minimum atomic E-state index is -0.649. The highest BCUT2D eigenvalue weighted by atomic mass is 16.5. The number of ether oxygens (including phenoxy) is 1. The van der Waals surface area contributed by atoms with Crippen LogP contribution in [0.5, 0.6) is 0 Å². The molecule has 25 heavy (non-hydrogen) atoms. The molecule has 0 fully saturated rings. The number of carbonyl (C=O) groups is 3. The van der Waals surface area contributed by atoms with Gasteiger partial charge in [0, 0.05) is 0 Å². The molecule has 6 heteroatoms. The Morgan fingerprint density at radius 3 is 2.36 bits per heavy atom. The number of amides is 2. The molecule has 0 saturated heterocycles. The number of para-hydroxylation sites is 1. The van der Waals surface area contributed by atoms with Gasteiger partial charge in [-0.2, -0.15) is 0 Å². The fourth-order valence-electron chi connectivity index (χ4n) is 2.35. The summed E-state index contributed by atoms with van der Waals surface area (Å²) >= 11 is 0. The van der Waals surface area contributed by atoms with E-state index in [1.165, 1.54) is 6.07 Å². The molecule has 0 bridgehead atoms. The number of hydrogen-bond donors (Lipinski definition) is 2. The van der Waals surface area contributed by atoms with Crippen LogP contribution >= 0.6 is 0 Å². The minimum Gasteiger partial charge on any atom is -0.456 e. The zero-order chi connectivity index (χ0) is 18.2. The lowest BCUT2D eigenvalue weighted by Gasteiger charge is -2.12. The summed E-state index contributed by atoms with van der Waals surface area (Å²) in [5, 5.41) is 2.52. The molecule has 2 aromatic carbocycles. The smallest absolute Gasteiger partial charge is 0.306 e. The second-order valence-corrected chi connectivity index (χ2v) is 5.63. The molecule has 2 aromatic rings. The van der Waals surface area contributed by atoms with Crippen LogP contribution in [0.3, 0.4) is 0 Å². The maximum Gasteiger partial charge on any atom is 0.306 e. The Morgan fingerprint density at radius 1 is 1.04 bits per heavy atom. The summed E-state index contributed by atoms with van der Waals surface area (Å²) in [6.07, 6.45) is 0.176. The Labute approximate surface area is 146 Å². The van der Waals surface area contributed by atoms with E-state index < -0.39 is 24.4 Å². The highest BCUT2D eigenvalue weighted by Gasteiger charge is 2.15. The molecule has 2 rings (SSSR count). The van der Waals surface area contributed by atoms with E-state index in [9.17, 15) is 14.4 Å². The van der Waals surface area contributed by atoms with E-state index in [1.54, 1.807) is 18.2 Å². The fourth-order valence-corrected chi connectivity index (χ4v) is 2.35. The van der Waals surface area contributed by atoms with Gasteiger partial charge in [0.2, 0.25) is 0 Å². The van der Waals surface area contributed by atoms with E-state index in [-0.39, 0.29) is 23.6 Å². The number of rotatable bonds is 7.